The minimum atomic E-state index is -0.369. The Labute approximate surface area is 98.2 Å². The molecule has 2 unspecified atom stereocenters. The van der Waals surface area contributed by atoms with Gasteiger partial charge in [0.05, 0.1) is 6.10 Å². The van der Waals surface area contributed by atoms with E-state index >= 15 is 0 Å². The lowest BCUT2D eigenvalue weighted by atomic mass is 10.2. The molecule has 0 aliphatic rings. The zero-order chi connectivity index (χ0) is 12.6. The van der Waals surface area contributed by atoms with Crippen LogP contribution >= 0.6 is 0 Å². The smallest absolute Gasteiger partial charge is 0.314 e. The van der Waals surface area contributed by atoms with Gasteiger partial charge < -0.3 is 20.6 Å². The number of nitrogens with one attached hydrogen (secondary N) is 2. The molecule has 2 amide bonds. The van der Waals surface area contributed by atoms with Gasteiger partial charge in [-0.05, 0) is 47.3 Å². The average Bonchev–Trinajstić information content (AvgIpc) is 2.14. The van der Waals surface area contributed by atoms with Crippen LogP contribution < -0.4 is 10.6 Å². The van der Waals surface area contributed by atoms with E-state index in [9.17, 15) is 4.79 Å². The van der Waals surface area contributed by atoms with Gasteiger partial charge in [-0.25, -0.2) is 4.79 Å². The van der Waals surface area contributed by atoms with Crippen LogP contribution in [0.15, 0.2) is 0 Å². The van der Waals surface area contributed by atoms with Crippen LogP contribution in [0.4, 0.5) is 4.79 Å². The van der Waals surface area contributed by atoms with E-state index in [-0.39, 0.29) is 18.2 Å². The number of nitrogens with zero attached hydrogens (tertiary/aromatic N) is 1. The fourth-order valence-corrected chi connectivity index (χ4v) is 1.19. The van der Waals surface area contributed by atoms with Gasteiger partial charge in [0.25, 0.3) is 0 Å². The molecule has 0 aromatic carbocycles. The Bertz CT molecular complexity index is 196. The van der Waals surface area contributed by atoms with E-state index < -0.39 is 0 Å². The minimum Gasteiger partial charge on any atom is -0.393 e. The molecule has 0 spiro atoms. The molecule has 0 fully saturated rings. The van der Waals surface area contributed by atoms with Gasteiger partial charge in [-0.1, -0.05) is 0 Å². The van der Waals surface area contributed by atoms with Gasteiger partial charge in [-0.2, -0.15) is 0 Å². The zero-order valence-electron chi connectivity index (χ0n) is 10.8. The number of carbonyl (C=O) groups is 1. The Kier molecular flexibility index (Phi) is 7.93. The number of amides is 2. The number of aliphatic hydroxyl groups is 1. The SMILES string of the molecule is CC(O)CCNC(=O)NC(C)CCN(C)C. The number of rotatable bonds is 7. The molecule has 5 heteroatoms. The van der Waals surface area contributed by atoms with E-state index in [2.05, 4.69) is 15.5 Å². The molecule has 0 rings (SSSR count). The quantitative estimate of drug-likeness (QED) is 0.594. The highest BCUT2D eigenvalue weighted by molar-refractivity contribution is 5.74. The van der Waals surface area contributed by atoms with Crippen LogP contribution in [-0.2, 0) is 0 Å². The first-order chi connectivity index (χ1) is 7.41. The highest BCUT2D eigenvalue weighted by atomic mass is 16.3. The molecule has 0 aliphatic carbocycles. The predicted octanol–water partition coefficient (Wildman–Crippen LogP) is 0.397. The fourth-order valence-electron chi connectivity index (χ4n) is 1.19. The second-order valence-corrected chi connectivity index (χ2v) is 4.53. The van der Waals surface area contributed by atoms with Crippen LogP contribution in [0.3, 0.4) is 0 Å². The van der Waals surface area contributed by atoms with Crippen LogP contribution in [0.5, 0.6) is 0 Å². The second-order valence-electron chi connectivity index (χ2n) is 4.53. The number of hydrogen-bond acceptors (Lipinski definition) is 3. The molecule has 0 heterocycles. The van der Waals surface area contributed by atoms with E-state index in [1.165, 1.54) is 0 Å². The molecule has 0 aromatic heterocycles. The topological polar surface area (TPSA) is 64.6 Å². The van der Waals surface area contributed by atoms with E-state index in [0.29, 0.717) is 13.0 Å². The summed E-state index contributed by atoms with van der Waals surface area (Å²) in [6, 6.07) is 0.000793. The van der Waals surface area contributed by atoms with Crippen LogP contribution in [0.1, 0.15) is 26.7 Å². The molecule has 0 aliphatic heterocycles. The molecule has 0 saturated carbocycles. The van der Waals surface area contributed by atoms with Crippen molar-refractivity contribution in [3.05, 3.63) is 0 Å². The third-order valence-electron chi connectivity index (χ3n) is 2.23. The van der Waals surface area contributed by atoms with Crippen molar-refractivity contribution in [1.29, 1.82) is 0 Å². The molecule has 0 aromatic rings. The Balaban J connectivity index is 3.54. The third-order valence-corrected chi connectivity index (χ3v) is 2.23. The van der Waals surface area contributed by atoms with E-state index in [1.807, 2.05) is 21.0 Å². The third kappa shape index (κ3) is 9.73. The van der Waals surface area contributed by atoms with Gasteiger partial charge in [-0.3, -0.25) is 0 Å². The number of aliphatic hydroxyl groups excluding tert-OH is 1. The van der Waals surface area contributed by atoms with Gasteiger partial charge in [0, 0.05) is 12.6 Å². The summed E-state index contributed by atoms with van der Waals surface area (Å²) in [4.78, 5) is 13.4. The maximum Gasteiger partial charge on any atom is 0.314 e. The normalized spacial score (nSPS) is 14.6. The summed E-state index contributed by atoms with van der Waals surface area (Å²) >= 11 is 0. The molecule has 2 atom stereocenters. The summed E-state index contributed by atoms with van der Waals surface area (Å²) < 4.78 is 0. The van der Waals surface area contributed by atoms with Gasteiger partial charge in [0.2, 0.25) is 0 Å². The molecule has 96 valence electrons. The van der Waals surface area contributed by atoms with E-state index in [1.54, 1.807) is 6.92 Å². The van der Waals surface area contributed by atoms with Crippen molar-refractivity contribution < 1.29 is 9.90 Å². The Morgan fingerprint density at radius 2 is 1.94 bits per heavy atom. The average molecular weight is 231 g/mol. The molecular weight excluding hydrogens is 206 g/mol. The van der Waals surface area contributed by atoms with Crippen molar-refractivity contribution in [2.24, 2.45) is 0 Å². The Morgan fingerprint density at radius 3 is 2.44 bits per heavy atom. The van der Waals surface area contributed by atoms with Crippen molar-refractivity contribution in [2.45, 2.75) is 38.8 Å². The summed E-state index contributed by atoms with van der Waals surface area (Å²) in [7, 11) is 4.02. The number of hydrogen-bond donors (Lipinski definition) is 3. The van der Waals surface area contributed by atoms with Gasteiger partial charge in [0.15, 0.2) is 0 Å². The van der Waals surface area contributed by atoms with Gasteiger partial charge in [-0.15, -0.1) is 0 Å². The van der Waals surface area contributed by atoms with Crippen molar-refractivity contribution >= 4 is 6.03 Å². The fraction of sp³-hybridized carbons (Fsp3) is 0.909. The first-order valence-electron chi connectivity index (χ1n) is 5.79. The monoisotopic (exact) mass is 231 g/mol. The van der Waals surface area contributed by atoms with E-state index in [4.69, 9.17) is 5.11 Å². The summed E-state index contributed by atoms with van der Waals surface area (Å²) in [6.07, 6.45) is 1.14. The Morgan fingerprint density at radius 1 is 1.31 bits per heavy atom. The lowest BCUT2D eigenvalue weighted by molar-refractivity contribution is 0.183. The summed E-state index contributed by atoms with van der Waals surface area (Å²) in [6.45, 7) is 5.15. The lowest BCUT2D eigenvalue weighted by Crippen LogP contribution is -2.42. The summed E-state index contributed by atoms with van der Waals surface area (Å²) in [5.74, 6) is 0. The molecule has 16 heavy (non-hydrogen) atoms. The Hall–Kier alpha value is -0.810. The highest BCUT2D eigenvalue weighted by Crippen LogP contribution is 1.92. The van der Waals surface area contributed by atoms with Gasteiger partial charge in [0.1, 0.15) is 0 Å². The molecule has 0 radical (unpaired) electrons. The van der Waals surface area contributed by atoms with Crippen molar-refractivity contribution in [3.63, 3.8) is 0 Å². The van der Waals surface area contributed by atoms with Crippen LogP contribution in [0.2, 0.25) is 0 Å². The minimum absolute atomic E-state index is 0.160. The van der Waals surface area contributed by atoms with Crippen LogP contribution in [0, 0.1) is 0 Å². The molecule has 5 nitrogen and oxygen atoms in total. The van der Waals surface area contributed by atoms with E-state index in [0.717, 1.165) is 13.0 Å². The van der Waals surface area contributed by atoms with Crippen molar-refractivity contribution in [1.82, 2.24) is 15.5 Å². The van der Waals surface area contributed by atoms with Crippen molar-refractivity contribution in [3.8, 4) is 0 Å². The van der Waals surface area contributed by atoms with Crippen LogP contribution in [0.25, 0.3) is 0 Å². The predicted molar refractivity (Wildman–Crippen MR) is 65.5 cm³/mol. The number of urea groups is 1. The second kappa shape index (κ2) is 8.35. The first kappa shape index (κ1) is 15.2. The summed E-state index contributed by atoms with van der Waals surface area (Å²) in [5.41, 5.74) is 0. The highest BCUT2D eigenvalue weighted by Gasteiger charge is 2.07. The molecule has 0 saturated heterocycles. The lowest BCUT2D eigenvalue weighted by Gasteiger charge is -2.17. The van der Waals surface area contributed by atoms with Crippen LogP contribution in [-0.4, -0.2) is 55.4 Å². The first-order valence-corrected chi connectivity index (χ1v) is 5.79. The zero-order valence-corrected chi connectivity index (χ0v) is 10.8. The maximum absolute atomic E-state index is 11.4. The largest absolute Gasteiger partial charge is 0.393 e. The molecular formula is C11H25N3O2. The molecule has 0 bridgehead atoms. The standard InChI is InChI=1S/C11H25N3O2/c1-9(6-8-14(3)4)13-11(16)12-7-5-10(2)15/h9-10,15H,5-8H2,1-4H3,(H2,12,13,16). The summed E-state index contributed by atoms with van der Waals surface area (Å²) in [5, 5.41) is 14.6. The van der Waals surface area contributed by atoms with Gasteiger partial charge >= 0.3 is 6.03 Å². The molecule has 3 N–H and O–H groups in total. The number of carbonyl (C=O) groups excluding carboxylic acids is 1. The van der Waals surface area contributed by atoms with Crippen molar-refractivity contribution in [2.75, 3.05) is 27.2 Å². The maximum atomic E-state index is 11.4.